The van der Waals surface area contributed by atoms with Crippen molar-refractivity contribution >= 4 is 5.97 Å². The number of carboxylic acid groups (broad SMARTS) is 1. The van der Waals surface area contributed by atoms with Gasteiger partial charge in [0.25, 0.3) is 0 Å². The van der Waals surface area contributed by atoms with E-state index in [2.05, 4.69) is 6.92 Å². The van der Waals surface area contributed by atoms with Gasteiger partial charge in [0.1, 0.15) is 0 Å². The van der Waals surface area contributed by atoms with Crippen LogP contribution in [-0.2, 0) is 4.79 Å². The highest BCUT2D eigenvalue weighted by Crippen LogP contribution is 2.28. The van der Waals surface area contributed by atoms with E-state index >= 15 is 0 Å². The van der Waals surface area contributed by atoms with E-state index < -0.39 is 11.6 Å². The quantitative estimate of drug-likeness (QED) is 0.763. The molecule has 3 atom stereocenters. The number of likely N-dealkylation sites (N-methyl/N-ethyl adjacent to an activating group) is 1. The Hall–Kier alpha value is -0.610. The molecule has 0 radical (unpaired) electrons. The molecule has 1 aliphatic carbocycles. The van der Waals surface area contributed by atoms with Crippen molar-refractivity contribution in [3.05, 3.63) is 0 Å². The van der Waals surface area contributed by atoms with E-state index in [1.54, 1.807) is 0 Å². The summed E-state index contributed by atoms with van der Waals surface area (Å²) in [5.74, 6) is -0.564. The van der Waals surface area contributed by atoms with Crippen LogP contribution in [0.3, 0.4) is 0 Å². The van der Waals surface area contributed by atoms with Gasteiger partial charge in [0.05, 0.1) is 0 Å². The van der Waals surface area contributed by atoms with Crippen molar-refractivity contribution < 1.29 is 15.0 Å². The van der Waals surface area contributed by atoms with Gasteiger partial charge in [-0.3, -0.25) is 4.90 Å². The number of hydrogen-bond acceptors (Lipinski definition) is 3. The van der Waals surface area contributed by atoms with Crippen LogP contribution in [0.5, 0.6) is 0 Å². The molecule has 94 valence electrons. The fraction of sp³-hybridized carbons (Fsp3) is 0.917. The normalized spacial score (nSPS) is 30.1. The third-order valence-corrected chi connectivity index (χ3v) is 3.65. The molecule has 1 aliphatic rings. The molecule has 0 saturated heterocycles. The molecule has 0 bridgehead atoms. The minimum absolute atomic E-state index is 0.192. The zero-order valence-electron chi connectivity index (χ0n) is 10.4. The summed E-state index contributed by atoms with van der Waals surface area (Å²) in [6.45, 7) is 3.76. The summed E-state index contributed by atoms with van der Waals surface area (Å²) in [6, 6.07) is 0.402. The van der Waals surface area contributed by atoms with Gasteiger partial charge in [-0.15, -0.1) is 0 Å². The highest BCUT2D eigenvalue weighted by Gasteiger charge is 2.35. The van der Waals surface area contributed by atoms with Crippen LogP contribution in [0.25, 0.3) is 0 Å². The second-order valence-electron chi connectivity index (χ2n) is 5.32. The lowest BCUT2D eigenvalue weighted by molar-refractivity contribution is -0.159. The van der Waals surface area contributed by atoms with E-state index in [-0.39, 0.29) is 6.54 Å². The first-order chi connectivity index (χ1) is 7.34. The van der Waals surface area contributed by atoms with Crippen molar-refractivity contribution in [3.8, 4) is 0 Å². The van der Waals surface area contributed by atoms with Crippen LogP contribution in [0.4, 0.5) is 0 Å². The van der Waals surface area contributed by atoms with Gasteiger partial charge in [0, 0.05) is 12.6 Å². The van der Waals surface area contributed by atoms with Gasteiger partial charge in [0.2, 0.25) is 0 Å². The number of hydrogen-bond donors (Lipinski definition) is 2. The van der Waals surface area contributed by atoms with Crippen LogP contribution in [0.1, 0.15) is 39.5 Å². The largest absolute Gasteiger partial charge is 0.479 e. The highest BCUT2D eigenvalue weighted by molar-refractivity contribution is 5.76. The third kappa shape index (κ3) is 3.19. The molecule has 0 aromatic carbocycles. The predicted molar refractivity (Wildman–Crippen MR) is 62.3 cm³/mol. The van der Waals surface area contributed by atoms with Gasteiger partial charge >= 0.3 is 5.97 Å². The summed E-state index contributed by atoms with van der Waals surface area (Å²) in [5, 5.41) is 18.6. The molecule has 4 nitrogen and oxygen atoms in total. The highest BCUT2D eigenvalue weighted by atomic mass is 16.4. The second kappa shape index (κ2) is 5.15. The van der Waals surface area contributed by atoms with E-state index in [0.717, 1.165) is 6.42 Å². The van der Waals surface area contributed by atoms with Crippen molar-refractivity contribution in [2.24, 2.45) is 5.92 Å². The van der Waals surface area contributed by atoms with E-state index in [4.69, 9.17) is 5.11 Å². The Kier molecular flexibility index (Phi) is 4.33. The van der Waals surface area contributed by atoms with Gasteiger partial charge in [-0.2, -0.15) is 0 Å². The lowest BCUT2D eigenvalue weighted by Gasteiger charge is -2.38. The molecule has 0 aromatic heterocycles. The summed E-state index contributed by atoms with van der Waals surface area (Å²) in [4.78, 5) is 12.8. The molecule has 1 fully saturated rings. The topological polar surface area (TPSA) is 60.8 Å². The number of carbonyl (C=O) groups is 1. The Labute approximate surface area is 97.3 Å². The standard InChI is InChI=1S/C12H23NO3/c1-9-6-4-5-7-10(9)13(3)8-12(2,16)11(14)15/h9-10,16H,4-8H2,1-3H3,(H,14,15). The molecule has 2 N–H and O–H groups in total. The Balaban J connectivity index is 2.57. The van der Waals surface area contributed by atoms with E-state index in [1.807, 2.05) is 11.9 Å². The molecule has 16 heavy (non-hydrogen) atoms. The van der Waals surface area contributed by atoms with Crippen molar-refractivity contribution in [1.82, 2.24) is 4.90 Å². The summed E-state index contributed by atoms with van der Waals surface area (Å²) < 4.78 is 0. The number of rotatable bonds is 4. The predicted octanol–water partition coefficient (Wildman–Crippen LogP) is 1.33. The average molecular weight is 229 g/mol. The first-order valence-corrected chi connectivity index (χ1v) is 6.00. The lowest BCUT2D eigenvalue weighted by Crippen LogP contribution is -2.50. The van der Waals surface area contributed by atoms with Crippen LogP contribution in [-0.4, -0.2) is 46.3 Å². The minimum Gasteiger partial charge on any atom is -0.479 e. The summed E-state index contributed by atoms with van der Waals surface area (Å²) in [6.07, 6.45) is 4.77. The molecule has 0 aromatic rings. The van der Waals surface area contributed by atoms with Crippen LogP contribution in [0.2, 0.25) is 0 Å². The van der Waals surface area contributed by atoms with Crippen LogP contribution in [0.15, 0.2) is 0 Å². The van der Waals surface area contributed by atoms with E-state index in [0.29, 0.717) is 12.0 Å². The van der Waals surface area contributed by atoms with Crippen LogP contribution in [0, 0.1) is 5.92 Å². The summed E-state index contributed by atoms with van der Waals surface area (Å²) >= 11 is 0. The van der Waals surface area contributed by atoms with Gasteiger partial charge in [-0.05, 0) is 32.7 Å². The Morgan fingerprint density at radius 2 is 2.00 bits per heavy atom. The first-order valence-electron chi connectivity index (χ1n) is 6.00. The molecular weight excluding hydrogens is 206 g/mol. The maximum Gasteiger partial charge on any atom is 0.336 e. The lowest BCUT2D eigenvalue weighted by atomic mass is 9.84. The van der Waals surface area contributed by atoms with Gasteiger partial charge in [-0.1, -0.05) is 19.8 Å². The van der Waals surface area contributed by atoms with Crippen LogP contribution < -0.4 is 0 Å². The van der Waals surface area contributed by atoms with E-state index in [9.17, 15) is 9.90 Å². The Bertz CT molecular complexity index is 253. The summed E-state index contributed by atoms with van der Waals surface area (Å²) in [5.41, 5.74) is -1.65. The number of carboxylic acids is 1. The van der Waals surface area contributed by atoms with Crippen molar-refractivity contribution in [1.29, 1.82) is 0 Å². The molecular formula is C12H23NO3. The SMILES string of the molecule is CC1CCCCC1N(C)CC(C)(O)C(=O)O. The molecule has 0 heterocycles. The molecule has 3 unspecified atom stereocenters. The maximum absolute atomic E-state index is 10.8. The smallest absolute Gasteiger partial charge is 0.336 e. The van der Waals surface area contributed by atoms with Crippen molar-refractivity contribution in [2.45, 2.75) is 51.2 Å². The number of nitrogens with zero attached hydrogens (tertiary/aromatic N) is 1. The van der Waals surface area contributed by atoms with E-state index in [1.165, 1.54) is 26.2 Å². The second-order valence-corrected chi connectivity index (χ2v) is 5.32. The van der Waals surface area contributed by atoms with Crippen LogP contribution >= 0.6 is 0 Å². The molecule has 4 heteroatoms. The molecule has 0 aliphatic heterocycles. The third-order valence-electron chi connectivity index (χ3n) is 3.65. The Morgan fingerprint density at radius 3 is 2.50 bits per heavy atom. The van der Waals surface area contributed by atoms with Crippen molar-refractivity contribution in [3.63, 3.8) is 0 Å². The monoisotopic (exact) mass is 229 g/mol. The molecule has 0 spiro atoms. The van der Waals surface area contributed by atoms with Gasteiger partial charge in [-0.25, -0.2) is 4.79 Å². The summed E-state index contributed by atoms with van der Waals surface area (Å²) in [7, 11) is 1.91. The van der Waals surface area contributed by atoms with Gasteiger partial charge in [0.15, 0.2) is 5.60 Å². The average Bonchev–Trinajstić information content (AvgIpc) is 2.17. The van der Waals surface area contributed by atoms with Crippen molar-refractivity contribution in [2.75, 3.05) is 13.6 Å². The number of aliphatic carboxylic acids is 1. The first kappa shape index (κ1) is 13.5. The zero-order valence-corrected chi connectivity index (χ0v) is 10.4. The number of aliphatic hydroxyl groups is 1. The van der Waals surface area contributed by atoms with Gasteiger partial charge < -0.3 is 10.2 Å². The maximum atomic E-state index is 10.8. The molecule has 1 rings (SSSR count). The Morgan fingerprint density at radius 1 is 1.44 bits per heavy atom. The fourth-order valence-corrected chi connectivity index (χ4v) is 2.62. The molecule has 0 amide bonds. The fourth-order valence-electron chi connectivity index (χ4n) is 2.62. The molecule has 1 saturated carbocycles. The zero-order chi connectivity index (χ0) is 12.3. The minimum atomic E-state index is -1.65.